The molecule has 1 aromatic heterocycles. The number of benzene rings is 3. The van der Waals surface area contributed by atoms with Crippen molar-refractivity contribution in [2.24, 2.45) is 5.92 Å². The Morgan fingerprint density at radius 2 is 1.44 bits per heavy atom. The summed E-state index contributed by atoms with van der Waals surface area (Å²) in [4.78, 5) is 30.9. The van der Waals surface area contributed by atoms with Crippen molar-refractivity contribution in [3.05, 3.63) is 119 Å². The maximum atomic E-state index is 15.1. The molecule has 296 valence electrons. The lowest BCUT2D eigenvalue weighted by Gasteiger charge is -2.44. The van der Waals surface area contributed by atoms with Crippen LogP contribution >= 0.6 is 7.37 Å². The first-order valence-corrected chi connectivity index (χ1v) is 22.8. The van der Waals surface area contributed by atoms with Gasteiger partial charge >= 0.3 is 5.69 Å². The van der Waals surface area contributed by atoms with E-state index in [9.17, 15) is 9.59 Å². The second-order valence-corrected chi connectivity index (χ2v) is 22.0. The van der Waals surface area contributed by atoms with Crippen LogP contribution in [0.4, 0.5) is 5.82 Å². The van der Waals surface area contributed by atoms with Crippen molar-refractivity contribution in [2.75, 3.05) is 37.9 Å². The topological polar surface area (TPSA) is 127 Å². The van der Waals surface area contributed by atoms with Gasteiger partial charge in [-0.1, -0.05) is 99.6 Å². The highest BCUT2D eigenvalue weighted by atomic mass is 31.2. The van der Waals surface area contributed by atoms with Crippen molar-refractivity contribution in [3.63, 3.8) is 0 Å². The minimum Gasteiger partial charge on any atom is -0.405 e. The lowest BCUT2D eigenvalue weighted by molar-refractivity contribution is -0.168. The zero-order valence-corrected chi connectivity index (χ0v) is 35.2. The van der Waals surface area contributed by atoms with Crippen molar-refractivity contribution < 1.29 is 32.5 Å². The fourth-order valence-corrected chi connectivity index (χ4v) is 14.9. The summed E-state index contributed by atoms with van der Waals surface area (Å²) in [5, 5.41) is 4.70. The number of hydrogen-bond acceptors (Lipinski definition) is 9. The van der Waals surface area contributed by atoms with Crippen LogP contribution in [0.1, 0.15) is 77.0 Å². The second kappa shape index (κ2) is 18.0. The molecule has 0 saturated carbocycles. The molecule has 5 rings (SSSR count). The van der Waals surface area contributed by atoms with Crippen LogP contribution in [0.3, 0.4) is 0 Å². The van der Waals surface area contributed by atoms with Gasteiger partial charge in [0.15, 0.2) is 0 Å². The number of amides is 1. The van der Waals surface area contributed by atoms with E-state index in [1.165, 1.54) is 4.57 Å². The molecule has 0 bridgehead atoms. The van der Waals surface area contributed by atoms with E-state index in [1.807, 2.05) is 56.3 Å². The zero-order valence-electron chi connectivity index (χ0n) is 33.3. The lowest BCUT2D eigenvalue weighted by Crippen LogP contribution is -2.67. The molecule has 0 radical (unpaired) electrons. The number of nitrogens with one attached hydrogen (secondary N) is 1. The number of aryl methyl sites for hydroxylation is 1. The number of ether oxygens (including phenoxy) is 3. The number of nitrogens with zero attached hydrogens (tertiary/aromatic N) is 2. The van der Waals surface area contributed by atoms with E-state index in [0.29, 0.717) is 17.5 Å². The smallest absolute Gasteiger partial charge is 0.351 e. The van der Waals surface area contributed by atoms with E-state index in [-0.39, 0.29) is 49.4 Å². The van der Waals surface area contributed by atoms with Gasteiger partial charge in [-0.15, -0.1) is 0 Å². The monoisotopic (exact) mass is 789 g/mol. The third kappa shape index (κ3) is 9.12. The summed E-state index contributed by atoms with van der Waals surface area (Å²) in [5.74, 6) is -0.601. The summed E-state index contributed by atoms with van der Waals surface area (Å²) in [5.41, 5.74) is -1.06. The maximum Gasteiger partial charge on any atom is 0.351 e. The molecule has 0 aliphatic carbocycles. The minimum atomic E-state index is -3.69. The number of anilines is 1. The zero-order chi connectivity index (χ0) is 39.9. The van der Waals surface area contributed by atoms with Crippen molar-refractivity contribution in [3.8, 4) is 0 Å². The molecule has 4 atom stereocenters. The Morgan fingerprint density at radius 3 is 1.95 bits per heavy atom. The average Bonchev–Trinajstić information content (AvgIpc) is 3.55. The number of carbonyl (C=O) groups is 1. The molecule has 1 saturated heterocycles. The van der Waals surface area contributed by atoms with Gasteiger partial charge in [0.1, 0.15) is 12.0 Å². The van der Waals surface area contributed by atoms with E-state index < -0.39 is 45.2 Å². The van der Waals surface area contributed by atoms with Gasteiger partial charge in [0.25, 0.3) is 21.6 Å². The largest absolute Gasteiger partial charge is 0.405 e. The van der Waals surface area contributed by atoms with E-state index >= 15 is 4.57 Å². The predicted molar refractivity (Wildman–Crippen MR) is 219 cm³/mol. The first-order valence-electron chi connectivity index (χ1n) is 19.1. The van der Waals surface area contributed by atoms with Crippen LogP contribution in [0.5, 0.6) is 0 Å². The van der Waals surface area contributed by atoms with Gasteiger partial charge in [-0.3, -0.25) is 13.9 Å². The predicted octanol–water partition coefficient (Wildman–Crippen LogP) is 7.35. The second-order valence-electron chi connectivity index (χ2n) is 14.9. The molecule has 1 fully saturated rings. The third-order valence-electron chi connectivity index (χ3n) is 10.2. The minimum absolute atomic E-state index is 0.0645. The summed E-state index contributed by atoms with van der Waals surface area (Å²) in [6, 6.07) is 29.4. The summed E-state index contributed by atoms with van der Waals surface area (Å²) < 4.78 is 48.9. The Kier molecular flexibility index (Phi) is 13.9. The van der Waals surface area contributed by atoms with Crippen LogP contribution in [0.25, 0.3) is 0 Å². The first-order chi connectivity index (χ1) is 26.2. The van der Waals surface area contributed by atoms with Gasteiger partial charge in [0, 0.05) is 42.6 Å². The highest BCUT2D eigenvalue weighted by Crippen LogP contribution is 2.62. The Morgan fingerprint density at radius 1 is 0.891 bits per heavy atom. The summed E-state index contributed by atoms with van der Waals surface area (Å²) >= 11 is 0. The molecule has 2 heterocycles. The van der Waals surface area contributed by atoms with Gasteiger partial charge in [-0.25, -0.2) is 4.79 Å². The van der Waals surface area contributed by atoms with Gasteiger partial charge in [-0.2, -0.15) is 4.98 Å². The van der Waals surface area contributed by atoms with E-state index in [1.54, 1.807) is 51.2 Å². The molecule has 55 heavy (non-hydrogen) atoms. The first kappa shape index (κ1) is 42.4. The van der Waals surface area contributed by atoms with Gasteiger partial charge in [0.2, 0.25) is 5.53 Å². The third-order valence-corrected chi connectivity index (χ3v) is 18.3. The number of carbonyl (C=O) groups excluding carboxylic acids is 1. The molecule has 3 aromatic carbocycles. The fourth-order valence-electron chi connectivity index (χ4n) is 7.59. The summed E-state index contributed by atoms with van der Waals surface area (Å²) in [6.45, 7) is 16.4. The van der Waals surface area contributed by atoms with Crippen molar-refractivity contribution in [2.45, 2.75) is 84.7 Å². The Labute approximate surface area is 326 Å². The molecule has 0 spiro atoms. The molecular formula is C42H56N3O8PSi. The molecule has 11 nitrogen and oxygen atoms in total. The molecule has 1 aliphatic heterocycles. The quantitative estimate of drug-likeness (QED) is 0.0664. The van der Waals surface area contributed by atoms with Crippen LogP contribution in [-0.4, -0.2) is 68.0 Å². The van der Waals surface area contributed by atoms with Crippen LogP contribution in [0, 0.1) is 12.8 Å². The Hall–Kier alpha value is -3.74. The fraction of sp³-hybridized carbons (Fsp3) is 0.452. The molecule has 4 aromatic rings. The van der Waals surface area contributed by atoms with Gasteiger partial charge in [-0.05, 0) is 68.6 Å². The Bertz CT molecular complexity index is 1930. The van der Waals surface area contributed by atoms with Gasteiger partial charge < -0.3 is 28.5 Å². The highest BCUT2D eigenvalue weighted by molar-refractivity contribution is 7.60. The lowest BCUT2D eigenvalue weighted by atomic mass is 10.0. The molecule has 1 N–H and O–H groups in total. The van der Waals surface area contributed by atoms with E-state index in [4.69, 9.17) is 23.2 Å². The highest BCUT2D eigenvalue weighted by Gasteiger charge is 2.54. The standard InChI is InChI=1S/C42H56N3O8PSi/c1-9-49-42(8,50-10-2)54(48,51-11-3)30-33-27-37(45-28-31(4)38(44-40(45)47)43-39(46)32-21-15-12-16-22-32)53-36(33)29-52-55(41(5,6)7,34-23-17-13-18-24-34)35-25-19-14-20-26-35/h12-26,28,33,36-37H,9-11,27,29-30H2,1-8H3,(H,43,44,46,47)/t33-,36-,37?,54?/m1/s1. The normalized spacial score (nSPS) is 18.9. The van der Waals surface area contributed by atoms with Crippen molar-refractivity contribution >= 4 is 37.8 Å². The van der Waals surface area contributed by atoms with Crippen LogP contribution in [0.15, 0.2) is 102 Å². The molecule has 2 unspecified atom stereocenters. The average molecular weight is 790 g/mol. The summed E-state index contributed by atoms with van der Waals surface area (Å²) in [7, 11) is -6.69. The van der Waals surface area contributed by atoms with Crippen molar-refractivity contribution in [1.29, 1.82) is 0 Å². The number of rotatable bonds is 17. The Balaban J connectivity index is 1.55. The SMILES string of the molecule is CCOC(C)(OCC)P(=O)(C[C@H]1CC(n2cc(C)c(NC(=O)c3ccccc3)nc2=O)O[C@@H]1CO[Si](c1ccccc1)(c1ccccc1)C(C)(C)C)OCC. The molecule has 13 heteroatoms. The summed E-state index contributed by atoms with van der Waals surface area (Å²) in [6.07, 6.45) is 0.662. The molecule has 1 amide bonds. The van der Waals surface area contributed by atoms with Crippen LogP contribution in [-0.2, 0) is 27.7 Å². The van der Waals surface area contributed by atoms with Crippen LogP contribution < -0.4 is 21.4 Å². The van der Waals surface area contributed by atoms with E-state index in [2.05, 4.69) is 55.3 Å². The number of aromatic nitrogens is 2. The van der Waals surface area contributed by atoms with Gasteiger partial charge in [0.05, 0.1) is 19.3 Å². The molecule has 1 aliphatic rings. The molecular weight excluding hydrogens is 734 g/mol. The van der Waals surface area contributed by atoms with Crippen LogP contribution in [0.2, 0.25) is 5.04 Å². The van der Waals surface area contributed by atoms with Crippen molar-refractivity contribution in [1.82, 2.24) is 9.55 Å². The maximum absolute atomic E-state index is 15.1. The number of hydrogen-bond donors (Lipinski definition) is 1. The van der Waals surface area contributed by atoms with E-state index in [0.717, 1.165) is 10.4 Å².